The molecule has 0 aliphatic carbocycles. The van der Waals surface area contributed by atoms with Gasteiger partial charge < -0.3 is 10.2 Å². The third kappa shape index (κ3) is 3.56. The zero-order chi connectivity index (χ0) is 14.0. The molecule has 19 heavy (non-hydrogen) atoms. The van der Waals surface area contributed by atoms with E-state index in [0.29, 0.717) is 18.4 Å². The van der Waals surface area contributed by atoms with E-state index in [1.807, 2.05) is 31.9 Å². The maximum atomic E-state index is 11.5. The van der Waals surface area contributed by atoms with Crippen LogP contribution in [-0.2, 0) is 9.84 Å². The average molecular weight is 284 g/mol. The lowest BCUT2D eigenvalue weighted by molar-refractivity contribution is 0.600. The van der Waals surface area contributed by atoms with Crippen molar-refractivity contribution in [2.24, 2.45) is 0 Å². The zero-order valence-corrected chi connectivity index (χ0v) is 12.3. The van der Waals surface area contributed by atoms with E-state index in [-0.39, 0.29) is 17.5 Å². The van der Waals surface area contributed by atoms with E-state index in [9.17, 15) is 8.42 Å². The van der Waals surface area contributed by atoms with Crippen molar-refractivity contribution >= 4 is 21.6 Å². The van der Waals surface area contributed by atoms with Crippen molar-refractivity contribution in [3.05, 3.63) is 12.3 Å². The Labute approximate surface area is 114 Å². The van der Waals surface area contributed by atoms with E-state index >= 15 is 0 Å². The lowest BCUT2D eigenvalue weighted by Crippen LogP contribution is -2.34. The van der Waals surface area contributed by atoms with Crippen LogP contribution in [0.25, 0.3) is 0 Å². The highest BCUT2D eigenvalue weighted by atomic mass is 32.2. The summed E-state index contributed by atoms with van der Waals surface area (Å²) < 4.78 is 23.0. The first-order chi connectivity index (χ1) is 8.87. The third-order valence-electron chi connectivity index (χ3n) is 3.15. The first-order valence-electron chi connectivity index (χ1n) is 6.40. The fourth-order valence-electron chi connectivity index (χ4n) is 2.14. The van der Waals surface area contributed by atoms with Gasteiger partial charge in [-0.2, -0.15) is 4.98 Å². The summed E-state index contributed by atoms with van der Waals surface area (Å²) in [7, 11) is -1.04. The predicted molar refractivity (Wildman–Crippen MR) is 76.3 cm³/mol. The molecule has 6 nitrogen and oxygen atoms in total. The zero-order valence-electron chi connectivity index (χ0n) is 11.5. The van der Waals surface area contributed by atoms with Gasteiger partial charge in [-0.15, -0.1) is 0 Å². The van der Waals surface area contributed by atoms with Crippen molar-refractivity contribution < 1.29 is 8.42 Å². The van der Waals surface area contributed by atoms with Gasteiger partial charge in [0.05, 0.1) is 11.5 Å². The Morgan fingerprint density at radius 3 is 2.79 bits per heavy atom. The van der Waals surface area contributed by atoms with Crippen LogP contribution < -0.4 is 10.2 Å². The highest BCUT2D eigenvalue weighted by Crippen LogP contribution is 2.20. The number of nitrogens with zero attached hydrogens (tertiary/aromatic N) is 3. The fraction of sp³-hybridized carbons (Fsp3) is 0.667. The Morgan fingerprint density at radius 2 is 2.21 bits per heavy atom. The van der Waals surface area contributed by atoms with Crippen molar-refractivity contribution in [1.82, 2.24) is 9.97 Å². The molecule has 2 rings (SSSR count). The molecule has 7 heteroatoms. The van der Waals surface area contributed by atoms with Gasteiger partial charge in [0, 0.05) is 25.3 Å². The summed E-state index contributed by atoms with van der Waals surface area (Å²) in [5.41, 5.74) is 0. The lowest BCUT2D eigenvalue weighted by atomic mass is 10.2. The second-order valence-corrected chi connectivity index (χ2v) is 7.44. The summed E-state index contributed by atoms with van der Waals surface area (Å²) in [4.78, 5) is 10.5. The maximum absolute atomic E-state index is 11.5. The van der Waals surface area contributed by atoms with E-state index in [2.05, 4.69) is 15.3 Å². The molecule has 0 bridgehead atoms. The topological polar surface area (TPSA) is 75.2 Å². The summed E-state index contributed by atoms with van der Waals surface area (Å²) in [6, 6.07) is 2.07. The fourth-order valence-corrected chi connectivity index (χ4v) is 3.91. The Morgan fingerprint density at radius 1 is 1.47 bits per heavy atom. The van der Waals surface area contributed by atoms with Crippen molar-refractivity contribution in [2.45, 2.75) is 32.4 Å². The minimum atomic E-state index is -2.89. The summed E-state index contributed by atoms with van der Waals surface area (Å²) in [6.07, 6.45) is 2.33. The molecule has 1 unspecified atom stereocenters. The molecule has 106 valence electrons. The molecule has 0 aromatic carbocycles. The standard InChI is InChI=1S/C12H20N4O2S/c1-9(2)14-11-4-6-13-12(15-11)16(3)10-5-7-19(17,18)8-10/h4,6,9-10H,5,7-8H2,1-3H3,(H,13,14,15). The Hall–Kier alpha value is -1.37. The molecular weight excluding hydrogens is 264 g/mol. The molecule has 0 saturated carbocycles. The van der Waals surface area contributed by atoms with E-state index in [1.165, 1.54) is 0 Å². The number of sulfone groups is 1. The molecule has 1 N–H and O–H groups in total. The van der Waals surface area contributed by atoms with Gasteiger partial charge in [-0.05, 0) is 26.3 Å². The van der Waals surface area contributed by atoms with Crippen molar-refractivity contribution in [2.75, 3.05) is 28.8 Å². The molecule has 0 spiro atoms. The summed E-state index contributed by atoms with van der Waals surface area (Å²) in [6.45, 7) is 4.07. The van der Waals surface area contributed by atoms with Crippen LogP contribution in [0.4, 0.5) is 11.8 Å². The molecule has 2 heterocycles. The highest BCUT2D eigenvalue weighted by molar-refractivity contribution is 7.91. The van der Waals surface area contributed by atoms with Crippen LogP contribution in [0.5, 0.6) is 0 Å². The quantitative estimate of drug-likeness (QED) is 0.886. The average Bonchev–Trinajstić information content (AvgIpc) is 2.68. The monoisotopic (exact) mass is 284 g/mol. The number of hydrogen-bond donors (Lipinski definition) is 1. The minimum Gasteiger partial charge on any atom is -0.368 e. The number of hydrogen-bond acceptors (Lipinski definition) is 6. The maximum Gasteiger partial charge on any atom is 0.227 e. The van der Waals surface area contributed by atoms with Crippen LogP contribution in [0.2, 0.25) is 0 Å². The van der Waals surface area contributed by atoms with Crippen LogP contribution in [0.3, 0.4) is 0 Å². The first kappa shape index (κ1) is 14.0. The van der Waals surface area contributed by atoms with E-state index in [1.54, 1.807) is 6.20 Å². The van der Waals surface area contributed by atoms with E-state index in [0.717, 1.165) is 5.82 Å². The summed E-state index contributed by atoms with van der Waals surface area (Å²) >= 11 is 0. The van der Waals surface area contributed by atoms with Gasteiger partial charge in [-0.25, -0.2) is 13.4 Å². The van der Waals surface area contributed by atoms with Gasteiger partial charge in [0.25, 0.3) is 0 Å². The van der Waals surface area contributed by atoms with Crippen LogP contribution in [0.15, 0.2) is 12.3 Å². The van der Waals surface area contributed by atoms with Crippen LogP contribution >= 0.6 is 0 Å². The van der Waals surface area contributed by atoms with Gasteiger partial charge in [0.1, 0.15) is 5.82 Å². The molecule has 1 aromatic heterocycles. The normalized spacial score (nSPS) is 21.6. The molecule has 0 radical (unpaired) electrons. The molecule has 1 aliphatic heterocycles. The number of aromatic nitrogens is 2. The third-order valence-corrected chi connectivity index (χ3v) is 4.90. The predicted octanol–water partition coefficient (Wildman–Crippen LogP) is 0.920. The van der Waals surface area contributed by atoms with Crippen LogP contribution in [-0.4, -0.2) is 49.0 Å². The Balaban J connectivity index is 2.13. The molecule has 1 atom stereocenters. The minimum absolute atomic E-state index is 0.0284. The SMILES string of the molecule is CC(C)Nc1ccnc(N(C)C2CCS(=O)(=O)C2)n1. The second kappa shape index (κ2) is 5.32. The van der Waals surface area contributed by atoms with E-state index in [4.69, 9.17) is 0 Å². The summed E-state index contributed by atoms with van der Waals surface area (Å²) in [5.74, 6) is 1.76. The van der Waals surface area contributed by atoms with Gasteiger partial charge in [-0.3, -0.25) is 0 Å². The first-order valence-corrected chi connectivity index (χ1v) is 8.22. The summed E-state index contributed by atoms with van der Waals surface area (Å²) in [5, 5.41) is 3.21. The highest BCUT2D eigenvalue weighted by Gasteiger charge is 2.31. The molecule has 1 aliphatic rings. The van der Waals surface area contributed by atoms with Gasteiger partial charge in [0.15, 0.2) is 9.84 Å². The molecular formula is C12H20N4O2S. The number of nitrogens with one attached hydrogen (secondary N) is 1. The van der Waals surface area contributed by atoms with E-state index < -0.39 is 9.84 Å². The van der Waals surface area contributed by atoms with Crippen LogP contribution in [0.1, 0.15) is 20.3 Å². The molecule has 1 aromatic rings. The lowest BCUT2D eigenvalue weighted by Gasteiger charge is -2.23. The van der Waals surface area contributed by atoms with Gasteiger partial charge >= 0.3 is 0 Å². The van der Waals surface area contributed by atoms with Gasteiger partial charge in [-0.1, -0.05) is 0 Å². The van der Waals surface area contributed by atoms with Crippen molar-refractivity contribution in [3.63, 3.8) is 0 Å². The van der Waals surface area contributed by atoms with Gasteiger partial charge in [0.2, 0.25) is 5.95 Å². The Kier molecular flexibility index (Phi) is 3.93. The van der Waals surface area contributed by atoms with Crippen molar-refractivity contribution in [1.29, 1.82) is 0 Å². The smallest absolute Gasteiger partial charge is 0.227 e. The molecule has 0 amide bonds. The number of rotatable bonds is 4. The second-order valence-electron chi connectivity index (χ2n) is 5.21. The molecule has 1 fully saturated rings. The number of anilines is 2. The van der Waals surface area contributed by atoms with Crippen LogP contribution in [0, 0.1) is 0 Å². The molecule has 1 saturated heterocycles. The van der Waals surface area contributed by atoms with Crippen molar-refractivity contribution in [3.8, 4) is 0 Å². The largest absolute Gasteiger partial charge is 0.368 e. The Bertz CT molecular complexity index is 544.